The number of rotatable bonds is 7. The fourth-order valence-corrected chi connectivity index (χ4v) is 2.86. The van der Waals surface area contributed by atoms with E-state index in [9.17, 15) is 34.9 Å². The van der Waals surface area contributed by atoms with Gasteiger partial charge in [0.15, 0.2) is 11.8 Å². The summed E-state index contributed by atoms with van der Waals surface area (Å²) in [6, 6.07) is 12.7. The first-order chi connectivity index (χ1) is 13.8. The van der Waals surface area contributed by atoms with Crippen LogP contribution < -0.4 is 5.32 Å². The van der Waals surface area contributed by atoms with E-state index in [4.69, 9.17) is 0 Å². The summed E-state index contributed by atoms with van der Waals surface area (Å²) in [4.78, 5) is 44.8. The molecule has 0 unspecified atom stereocenters. The van der Waals surface area contributed by atoms with Crippen LogP contribution in [-0.2, 0) is 4.79 Å². The molecule has 10 nitrogen and oxygen atoms in total. The van der Waals surface area contributed by atoms with Crippen molar-refractivity contribution in [2.75, 3.05) is 5.32 Å². The molecule has 10 heteroatoms. The van der Waals surface area contributed by atoms with Gasteiger partial charge in [0, 0.05) is 28.8 Å². The Morgan fingerprint density at radius 3 is 2.07 bits per heavy atom. The van der Waals surface area contributed by atoms with Gasteiger partial charge in [-0.25, -0.2) is 4.79 Å². The van der Waals surface area contributed by atoms with Crippen molar-refractivity contribution >= 4 is 39.6 Å². The Hall–Kier alpha value is -4.34. The Morgan fingerprint density at radius 2 is 1.48 bits per heavy atom. The molecule has 0 saturated heterocycles. The highest BCUT2D eigenvalue weighted by Crippen LogP contribution is 2.26. The minimum absolute atomic E-state index is 0.365. The number of nitrogens with zero attached hydrogens (tertiary/aromatic N) is 2. The van der Waals surface area contributed by atoms with Crippen LogP contribution >= 0.6 is 0 Å². The predicted molar refractivity (Wildman–Crippen MR) is 103 cm³/mol. The van der Waals surface area contributed by atoms with E-state index in [0.29, 0.717) is 17.1 Å². The molecule has 0 spiro atoms. The number of hydrogen-bond acceptors (Lipinski definition) is 7. The monoisotopic (exact) mass is 395 g/mol. The highest BCUT2D eigenvalue weighted by molar-refractivity contribution is 6.14. The van der Waals surface area contributed by atoms with Crippen LogP contribution in [0.25, 0.3) is 10.8 Å². The van der Waals surface area contributed by atoms with E-state index >= 15 is 0 Å². The maximum atomic E-state index is 12.8. The number of nitrogens with one attached hydrogen (secondary N) is 1. The van der Waals surface area contributed by atoms with Gasteiger partial charge in [0.05, 0.1) is 15.9 Å². The molecule has 0 aliphatic carbocycles. The molecule has 0 heterocycles. The molecule has 0 aliphatic heterocycles. The second-order valence-electron chi connectivity index (χ2n) is 6.06. The average Bonchev–Trinajstić information content (AvgIpc) is 2.70. The molecule has 0 amide bonds. The topological polar surface area (TPSA) is 153 Å². The Labute approximate surface area is 162 Å². The third-order valence-electron chi connectivity index (χ3n) is 4.21. The van der Waals surface area contributed by atoms with E-state index in [1.54, 1.807) is 30.3 Å². The first kappa shape index (κ1) is 19.4. The van der Waals surface area contributed by atoms with Gasteiger partial charge in [0.2, 0.25) is 0 Å². The summed E-state index contributed by atoms with van der Waals surface area (Å²) in [6.45, 7) is 0. The van der Waals surface area contributed by atoms with Gasteiger partial charge in [0.25, 0.3) is 11.4 Å². The maximum Gasteiger partial charge on any atom is 0.334 e. The Bertz CT molecular complexity index is 1120. The van der Waals surface area contributed by atoms with Crippen LogP contribution in [0.5, 0.6) is 0 Å². The fourth-order valence-electron chi connectivity index (χ4n) is 2.86. The van der Waals surface area contributed by atoms with Crippen molar-refractivity contribution in [1.29, 1.82) is 0 Å². The van der Waals surface area contributed by atoms with Crippen molar-refractivity contribution in [3.63, 3.8) is 0 Å². The Kier molecular flexibility index (Phi) is 5.17. The van der Waals surface area contributed by atoms with Crippen LogP contribution in [0, 0.1) is 20.2 Å². The maximum absolute atomic E-state index is 12.8. The zero-order chi connectivity index (χ0) is 21.1. The molecule has 1 atom stereocenters. The minimum Gasteiger partial charge on any atom is -0.479 e. The summed E-state index contributed by atoms with van der Waals surface area (Å²) in [5, 5.41) is 35.7. The molecule has 0 aliphatic rings. The van der Waals surface area contributed by atoms with E-state index in [0.717, 1.165) is 17.5 Å². The molecule has 0 saturated carbocycles. The smallest absolute Gasteiger partial charge is 0.334 e. The number of fused-ring (bicyclic) bond motifs is 1. The van der Waals surface area contributed by atoms with Crippen LogP contribution in [0.1, 0.15) is 10.4 Å². The van der Waals surface area contributed by atoms with Gasteiger partial charge in [-0.1, -0.05) is 36.4 Å². The summed E-state index contributed by atoms with van der Waals surface area (Å²) in [6.07, 6.45) is 0. The standard InChI is InChI=1S/C19H13N3O7/c23-18(12-8-13(21(26)27)10-14(9-12)22(28)29)17(19(24)25)20-16-7-3-5-11-4-1-2-6-15(11)16/h1-10,17,20H,(H,24,25)/t17-/m1/s1. The number of carboxylic acids is 1. The molecule has 2 N–H and O–H groups in total. The van der Waals surface area contributed by atoms with E-state index in [-0.39, 0.29) is 0 Å². The number of anilines is 1. The molecule has 0 radical (unpaired) electrons. The molecule has 146 valence electrons. The summed E-state index contributed by atoms with van der Waals surface area (Å²) < 4.78 is 0. The lowest BCUT2D eigenvalue weighted by Crippen LogP contribution is -2.37. The van der Waals surface area contributed by atoms with Crippen molar-refractivity contribution in [3.05, 3.63) is 86.5 Å². The number of non-ortho nitro benzene ring substituents is 2. The van der Waals surface area contributed by atoms with Gasteiger partial charge < -0.3 is 10.4 Å². The lowest BCUT2D eigenvalue weighted by atomic mass is 10.0. The van der Waals surface area contributed by atoms with Crippen LogP contribution in [0.2, 0.25) is 0 Å². The molecule has 0 bridgehead atoms. The Morgan fingerprint density at radius 1 is 0.897 bits per heavy atom. The SMILES string of the molecule is O=C(O)[C@H](Nc1cccc2ccccc12)C(=O)c1cc([N+](=O)[O-])cc([N+](=O)[O-])c1. The second kappa shape index (κ2) is 7.72. The summed E-state index contributed by atoms with van der Waals surface area (Å²) in [7, 11) is 0. The van der Waals surface area contributed by atoms with Crippen LogP contribution in [-0.4, -0.2) is 32.7 Å². The molecule has 0 aromatic heterocycles. The van der Waals surface area contributed by atoms with Crippen LogP contribution in [0.3, 0.4) is 0 Å². The summed E-state index contributed by atoms with van der Waals surface area (Å²) >= 11 is 0. The zero-order valence-electron chi connectivity index (χ0n) is 14.6. The highest BCUT2D eigenvalue weighted by atomic mass is 16.6. The van der Waals surface area contributed by atoms with Gasteiger partial charge in [-0.2, -0.15) is 0 Å². The van der Waals surface area contributed by atoms with Crippen molar-refractivity contribution in [3.8, 4) is 0 Å². The number of benzene rings is 3. The van der Waals surface area contributed by atoms with Crippen molar-refractivity contribution in [1.82, 2.24) is 0 Å². The third-order valence-corrected chi connectivity index (χ3v) is 4.21. The molecular formula is C19H13N3O7. The van der Waals surface area contributed by atoms with Crippen molar-refractivity contribution in [2.45, 2.75) is 6.04 Å². The number of carbonyl (C=O) groups is 2. The van der Waals surface area contributed by atoms with Gasteiger partial charge in [0.1, 0.15) is 0 Å². The van der Waals surface area contributed by atoms with Gasteiger partial charge in [-0.05, 0) is 11.5 Å². The number of nitro benzene ring substituents is 2. The predicted octanol–water partition coefficient (Wildman–Crippen LogP) is 3.40. The highest BCUT2D eigenvalue weighted by Gasteiger charge is 2.30. The molecule has 3 aromatic rings. The minimum atomic E-state index is -1.80. The summed E-state index contributed by atoms with van der Waals surface area (Å²) in [5.41, 5.74) is -1.46. The Balaban J connectivity index is 2.04. The number of aliphatic carboxylic acids is 1. The van der Waals surface area contributed by atoms with Crippen LogP contribution in [0.15, 0.2) is 60.7 Å². The lowest BCUT2D eigenvalue weighted by Gasteiger charge is -2.16. The third kappa shape index (κ3) is 4.00. The number of hydrogen-bond donors (Lipinski definition) is 2. The normalized spacial score (nSPS) is 11.6. The molecular weight excluding hydrogens is 382 g/mol. The largest absolute Gasteiger partial charge is 0.479 e. The van der Waals surface area contributed by atoms with Crippen LogP contribution in [0.4, 0.5) is 17.1 Å². The number of carbonyl (C=O) groups excluding carboxylic acids is 1. The van der Waals surface area contributed by atoms with Gasteiger partial charge >= 0.3 is 5.97 Å². The molecule has 3 rings (SSSR count). The van der Waals surface area contributed by atoms with Gasteiger partial charge in [-0.15, -0.1) is 0 Å². The molecule has 29 heavy (non-hydrogen) atoms. The lowest BCUT2D eigenvalue weighted by molar-refractivity contribution is -0.394. The van der Waals surface area contributed by atoms with E-state index < -0.39 is 44.6 Å². The van der Waals surface area contributed by atoms with E-state index in [1.807, 2.05) is 12.1 Å². The first-order valence-corrected chi connectivity index (χ1v) is 8.23. The average molecular weight is 395 g/mol. The number of nitro groups is 2. The van der Waals surface area contributed by atoms with E-state index in [2.05, 4.69) is 5.32 Å². The second-order valence-corrected chi connectivity index (χ2v) is 6.06. The van der Waals surface area contributed by atoms with Crippen molar-refractivity contribution in [2.24, 2.45) is 0 Å². The van der Waals surface area contributed by atoms with Gasteiger partial charge in [-0.3, -0.25) is 25.0 Å². The molecule has 0 fully saturated rings. The molecule has 3 aromatic carbocycles. The van der Waals surface area contributed by atoms with E-state index in [1.165, 1.54) is 0 Å². The fraction of sp³-hybridized carbons (Fsp3) is 0.0526. The van der Waals surface area contributed by atoms with Crippen molar-refractivity contribution < 1.29 is 24.5 Å². The number of ketones is 1. The number of carboxylic acid groups (broad SMARTS) is 1. The summed E-state index contributed by atoms with van der Waals surface area (Å²) in [5.74, 6) is -2.57. The number of Topliss-reactive ketones (excluding diaryl/α,β-unsaturated/α-hetero) is 1. The zero-order valence-corrected chi connectivity index (χ0v) is 14.6. The quantitative estimate of drug-likeness (QED) is 0.267. The first-order valence-electron chi connectivity index (χ1n) is 8.23.